The molecule has 7 heteroatoms. The van der Waals surface area contributed by atoms with Gasteiger partial charge in [-0.1, -0.05) is 31.7 Å². The highest BCUT2D eigenvalue weighted by molar-refractivity contribution is 7.71. The summed E-state index contributed by atoms with van der Waals surface area (Å²) in [4.78, 5) is 13.7. The molecule has 1 fully saturated rings. The molecule has 5 nitrogen and oxygen atoms in total. The molecule has 1 atom stereocenters. The average Bonchev–Trinajstić information content (AvgIpc) is 3.12. The Labute approximate surface area is 145 Å². The Balaban J connectivity index is 1.77. The first-order chi connectivity index (χ1) is 11.2. The fourth-order valence-electron chi connectivity index (χ4n) is 3.11. The fraction of sp³-hybridized carbons (Fsp3) is 0.562. The summed E-state index contributed by atoms with van der Waals surface area (Å²) in [5.74, 6) is 0.751. The van der Waals surface area contributed by atoms with Gasteiger partial charge in [0.15, 0.2) is 10.6 Å². The molecule has 0 bridgehead atoms. The van der Waals surface area contributed by atoms with Crippen LogP contribution in [-0.4, -0.2) is 26.7 Å². The predicted molar refractivity (Wildman–Crippen MR) is 95.1 cm³/mol. The van der Waals surface area contributed by atoms with E-state index in [-0.39, 0.29) is 11.9 Å². The lowest BCUT2D eigenvalue weighted by Gasteiger charge is -2.20. The summed E-state index contributed by atoms with van der Waals surface area (Å²) >= 11 is 6.93. The van der Waals surface area contributed by atoms with Crippen molar-refractivity contribution in [1.82, 2.24) is 20.1 Å². The Hall–Kier alpha value is -1.47. The quantitative estimate of drug-likeness (QED) is 0.645. The van der Waals surface area contributed by atoms with E-state index in [0.717, 1.165) is 23.5 Å². The molecule has 1 amide bonds. The van der Waals surface area contributed by atoms with E-state index < -0.39 is 0 Å². The zero-order valence-corrected chi connectivity index (χ0v) is 14.9. The second-order valence-corrected chi connectivity index (χ2v) is 7.41. The Morgan fingerprint density at radius 1 is 1.43 bits per heavy atom. The minimum Gasteiger partial charge on any atom is -0.352 e. The number of hydrogen-bond acceptors (Lipinski definition) is 4. The van der Waals surface area contributed by atoms with Crippen molar-refractivity contribution in [2.24, 2.45) is 0 Å². The van der Waals surface area contributed by atoms with Gasteiger partial charge in [-0.15, -0.1) is 11.3 Å². The molecule has 2 heterocycles. The summed E-state index contributed by atoms with van der Waals surface area (Å²) in [5, 5.41) is 12.3. The summed E-state index contributed by atoms with van der Waals surface area (Å²) in [6, 6.07) is 3.88. The number of H-pyrrole nitrogens is 1. The number of amides is 1. The topological polar surface area (TPSA) is 62.7 Å². The smallest absolute Gasteiger partial charge is 0.243 e. The van der Waals surface area contributed by atoms with Crippen LogP contribution in [0, 0.1) is 4.77 Å². The van der Waals surface area contributed by atoms with Crippen molar-refractivity contribution in [2.75, 3.05) is 0 Å². The number of aromatic nitrogens is 3. The fourth-order valence-corrected chi connectivity index (χ4v) is 4.11. The van der Waals surface area contributed by atoms with Crippen LogP contribution in [0.25, 0.3) is 10.7 Å². The molecule has 0 aliphatic heterocycles. The predicted octanol–water partition coefficient (Wildman–Crippen LogP) is 4.07. The Morgan fingerprint density at radius 3 is 2.83 bits per heavy atom. The van der Waals surface area contributed by atoms with Crippen molar-refractivity contribution in [1.29, 1.82) is 0 Å². The van der Waals surface area contributed by atoms with E-state index in [2.05, 4.69) is 15.5 Å². The second kappa shape index (κ2) is 7.40. The molecular formula is C16H22N4OS2. The lowest BCUT2D eigenvalue weighted by molar-refractivity contribution is -0.124. The average molecular weight is 351 g/mol. The SMILES string of the molecule is C[C@H](C(=O)NC1CCCCCC1)n1c(-c2cccs2)n[nH]c1=S. The highest BCUT2D eigenvalue weighted by Gasteiger charge is 2.23. The highest BCUT2D eigenvalue weighted by Crippen LogP contribution is 2.26. The maximum absolute atomic E-state index is 12.7. The lowest BCUT2D eigenvalue weighted by Crippen LogP contribution is -2.38. The molecule has 1 aliphatic rings. The van der Waals surface area contributed by atoms with Gasteiger partial charge < -0.3 is 5.32 Å². The summed E-state index contributed by atoms with van der Waals surface area (Å²) in [7, 11) is 0. The summed E-state index contributed by atoms with van der Waals surface area (Å²) in [5.41, 5.74) is 0. The van der Waals surface area contributed by atoms with E-state index in [1.807, 2.05) is 29.0 Å². The number of thiophene rings is 1. The first-order valence-corrected chi connectivity index (χ1v) is 9.47. The van der Waals surface area contributed by atoms with Gasteiger partial charge in [0.1, 0.15) is 6.04 Å². The van der Waals surface area contributed by atoms with E-state index in [1.165, 1.54) is 25.7 Å². The van der Waals surface area contributed by atoms with Gasteiger partial charge in [0.2, 0.25) is 5.91 Å². The summed E-state index contributed by atoms with van der Waals surface area (Å²) in [6.07, 6.45) is 7.10. The number of hydrogen-bond donors (Lipinski definition) is 2. The maximum atomic E-state index is 12.7. The van der Waals surface area contributed by atoms with Gasteiger partial charge in [0.25, 0.3) is 0 Å². The van der Waals surface area contributed by atoms with Crippen LogP contribution in [0.2, 0.25) is 0 Å². The number of rotatable bonds is 4. The van der Waals surface area contributed by atoms with Crippen LogP contribution in [-0.2, 0) is 4.79 Å². The molecule has 2 aromatic heterocycles. The van der Waals surface area contributed by atoms with Gasteiger partial charge in [-0.05, 0) is 43.4 Å². The second-order valence-electron chi connectivity index (χ2n) is 6.07. The van der Waals surface area contributed by atoms with Crippen LogP contribution in [0.4, 0.5) is 0 Å². The molecule has 0 unspecified atom stereocenters. The molecular weight excluding hydrogens is 328 g/mol. The third kappa shape index (κ3) is 3.72. The van der Waals surface area contributed by atoms with E-state index in [1.54, 1.807) is 11.3 Å². The van der Waals surface area contributed by atoms with Crippen LogP contribution >= 0.6 is 23.6 Å². The van der Waals surface area contributed by atoms with Gasteiger partial charge in [-0.3, -0.25) is 14.5 Å². The van der Waals surface area contributed by atoms with E-state index in [0.29, 0.717) is 10.8 Å². The third-order valence-electron chi connectivity index (χ3n) is 4.41. The van der Waals surface area contributed by atoms with Gasteiger partial charge in [0.05, 0.1) is 4.88 Å². The lowest BCUT2D eigenvalue weighted by atomic mass is 10.1. The molecule has 1 aliphatic carbocycles. The van der Waals surface area contributed by atoms with Crippen molar-refractivity contribution < 1.29 is 4.79 Å². The molecule has 3 rings (SSSR count). The molecule has 124 valence electrons. The number of nitrogens with zero attached hydrogens (tertiary/aromatic N) is 2. The molecule has 0 saturated heterocycles. The number of carbonyl (C=O) groups excluding carboxylic acids is 1. The number of carbonyl (C=O) groups is 1. The molecule has 2 aromatic rings. The minimum absolute atomic E-state index is 0.0206. The van der Waals surface area contributed by atoms with Crippen molar-refractivity contribution >= 4 is 29.5 Å². The zero-order chi connectivity index (χ0) is 16.2. The molecule has 1 saturated carbocycles. The first kappa shape index (κ1) is 16.4. The van der Waals surface area contributed by atoms with Gasteiger partial charge in [-0.2, -0.15) is 5.10 Å². The van der Waals surface area contributed by atoms with Crippen molar-refractivity contribution in [3.8, 4) is 10.7 Å². The van der Waals surface area contributed by atoms with Gasteiger partial charge >= 0.3 is 0 Å². The van der Waals surface area contributed by atoms with E-state index >= 15 is 0 Å². The molecule has 0 aromatic carbocycles. The first-order valence-electron chi connectivity index (χ1n) is 8.18. The van der Waals surface area contributed by atoms with Gasteiger partial charge in [-0.25, -0.2) is 0 Å². The van der Waals surface area contributed by atoms with Crippen molar-refractivity contribution in [2.45, 2.75) is 57.5 Å². The van der Waals surface area contributed by atoms with Crippen LogP contribution in [0.1, 0.15) is 51.5 Å². The largest absolute Gasteiger partial charge is 0.352 e. The third-order valence-corrected chi connectivity index (χ3v) is 5.57. The Bertz CT molecular complexity index is 696. The zero-order valence-electron chi connectivity index (χ0n) is 13.2. The molecule has 23 heavy (non-hydrogen) atoms. The molecule has 2 N–H and O–H groups in total. The van der Waals surface area contributed by atoms with Crippen LogP contribution in [0.3, 0.4) is 0 Å². The number of aromatic amines is 1. The molecule has 0 radical (unpaired) electrons. The Kier molecular flexibility index (Phi) is 5.27. The standard InChI is InChI=1S/C16H22N4OS2/c1-11(15(21)17-12-7-4-2-3-5-8-12)20-14(18-19-16(20)22)13-9-6-10-23-13/h6,9-12H,2-5,7-8H2,1H3,(H,17,21)(H,19,22)/t11-/m1/s1. The van der Waals surface area contributed by atoms with Gasteiger partial charge in [0, 0.05) is 6.04 Å². The maximum Gasteiger partial charge on any atom is 0.243 e. The molecule has 0 spiro atoms. The highest BCUT2D eigenvalue weighted by atomic mass is 32.1. The van der Waals surface area contributed by atoms with E-state index in [9.17, 15) is 4.79 Å². The van der Waals surface area contributed by atoms with Crippen LogP contribution < -0.4 is 5.32 Å². The van der Waals surface area contributed by atoms with E-state index in [4.69, 9.17) is 12.2 Å². The monoisotopic (exact) mass is 350 g/mol. The van der Waals surface area contributed by atoms with Crippen molar-refractivity contribution in [3.63, 3.8) is 0 Å². The van der Waals surface area contributed by atoms with Crippen LogP contribution in [0.15, 0.2) is 17.5 Å². The Morgan fingerprint density at radius 2 is 2.17 bits per heavy atom. The summed E-state index contributed by atoms with van der Waals surface area (Å²) in [6.45, 7) is 1.88. The minimum atomic E-state index is -0.374. The number of nitrogens with one attached hydrogen (secondary N) is 2. The van der Waals surface area contributed by atoms with Crippen LogP contribution in [0.5, 0.6) is 0 Å². The normalized spacial score (nSPS) is 17.6. The summed E-state index contributed by atoms with van der Waals surface area (Å²) < 4.78 is 2.30. The van der Waals surface area contributed by atoms with Crippen molar-refractivity contribution in [3.05, 3.63) is 22.3 Å².